The molecular formula is C14H12F3N5S. The van der Waals surface area contributed by atoms with Crippen molar-refractivity contribution in [2.45, 2.75) is 36.1 Å². The van der Waals surface area contributed by atoms with Gasteiger partial charge in [0.2, 0.25) is 11.0 Å². The summed E-state index contributed by atoms with van der Waals surface area (Å²) < 4.78 is 38.9. The first-order valence-corrected chi connectivity index (χ1v) is 7.72. The van der Waals surface area contributed by atoms with Crippen LogP contribution in [0.4, 0.5) is 13.2 Å². The molecule has 1 aromatic carbocycles. The van der Waals surface area contributed by atoms with Gasteiger partial charge in [-0.1, -0.05) is 25.1 Å². The van der Waals surface area contributed by atoms with E-state index < -0.39 is 12.0 Å². The summed E-state index contributed by atoms with van der Waals surface area (Å²) in [4.78, 5) is 11.5. The van der Waals surface area contributed by atoms with Gasteiger partial charge in [0.25, 0.3) is 0 Å². The third-order valence-corrected chi connectivity index (χ3v) is 3.88. The van der Waals surface area contributed by atoms with E-state index in [1.807, 2.05) is 6.92 Å². The minimum atomic E-state index is -4.61. The third-order valence-electron chi connectivity index (χ3n) is 3.01. The third kappa shape index (κ3) is 3.44. The van der Waals surface area contributed by atoms with E-state index in [4.69, 9.17) is 0 Å². The maximum absolute atomic E-state index is 13.0. The van der Waals surface area contributed by atoms with E-state index in [1.54, 1.807) is 18.2 Å². The Balaban J connectivity index is 2.03. The molecule has 1 N–H and O–H groups in total. The molecule has 0 fully saturated rings. The van der Waals surface area contributed by atoms with Crippen LogP contribution in [0.15, 0.2) is 34.4 Å². The lowest BCUT2D eigenvalue weighted by Crippen LogP contribution is -2.11. The summed E-state index contributed by atoms with van der Waals surface area (Å²) >= 11 is 0.989. The maximum Gasteiger partial charge on any atom is 0.451 e. The predicted molar refractivity (Wildman–Crippen MR) is 79.0 cm³/mol. The van der Waals surface area contributed by atoms with Crippen molar-refractivity contribution in [1.82, 2.24) is 25.1 Å². The van der Waals surface area contributed by atoms with Gasteiger partial charge in [-0.25, -0.2) is 15.0 Å². The van der Waals surface area contributed by atoms with Crippen LogP contribution in [0.3, 0.4) is 0 Å². The number of hydrogen-bond acceptors (Lipinski definition) is 5. The van der Waals surface area contributed by atoms with Crippen molar-refractivity contribution in [2.75, 3.05) is 0 Å². The van der Waals surface area contributed by atoms with E-state index in [1.165, 1.54) is 6.07 Å². The molecule has 0 saturated carbocycles. The number of nitrogens with one attached hydrogen (secondary N) is 1. The zero-order chi connectivity index (χ0) is 16.4. The number of nitrogens with zero attached hydrogens (tertiary/aromatic N) is 4. The number of benzene rings is 1. The quantitative estimate of drug-likeness (QED) is 0.731. The van der Waals surface area contributed by atoms with Gasteiger partial charge >= 0.3 is 6.18 Å². The summed E-state index contributed by atoms with van der Waals surface area (Å²) in [6.45, 7) is 2.00. The van der Waals surface area contributed by atoms with Crippen molar-refractivity contribution in [1.29, 1.82) is 0 Å². The van der Waals surface area contributed by atoms with Crippen LogP contribution >= 0.6 is 11.8 Å². The second-order valence-corrected chi connectivity index (χ2v) is 5.74. The van der Waals surface area contributed by atoms with Crippen molar-refractivity contribution < 1.29 is 13.2 Å². The fourth-order valence-corrected chi connectivity index (χ4v) is 2.85. The highest BCUT2D eigenvalue weighted by Gasteiger charge is 2.35. The van der Waals surface area contributed by atoms with Gasteiger partial charge in [0.1, 0.15) is 10.9 Å². The van der Waals surface area contributed by atoms with Gasteiger partial charge in [-0.05, 0) is 24.2 Å². The van der Waals surface area contributed by atoms with Gasteiger partial charge in [0, 0.05) is 11.8 Å². The molecule has 2 aromatic heterocycles. The molecule has 0 atom stereocenters. The van der Waals surface area contributed by atoms with Gasteiger partial charge in [-0.3, -0.25) is 5.10 Å². The SMILES string of the molecule is CCCc1nc(Sc2nc(C(F)(F)F)nc3ccccc23)n[nH]1. The van der Waals surface area contributed by atoms with Gasteiger partial charge in [0.15, 0.2) is 0 Å². The van der Waals surface area contributed by atoms with Crippen molar-refractivity contribution in [3.8, 4) is 0 Å². The monoisotopic (exact) mass is 339 g/mol. The van der Waals surface area contributed by atoms with E-state index in [0.29, 0.717) is 16.4 Å². The second-order valence-electron chi connectivity index (χ2n) is 4.78. The summed E-state index contributed by atoms with van der Waals surface area (Å²) in [5.41, 5.74) is 0.238. The molecule has 0 saturated heterocycles. The first kappa shape index (κ1) is 15.7. The molecule has 0 unspecified atom stereocenters. The van der Waals surface area contributed by atoms with Crippen LogP contribution in [0, 0.1) is 0 Å². The molecule has 0 spiro atoms. The van der Waals surface area contributed by atoms with E-state index in [2.05, 4.69) is 25.1 Å². The maximum atomic E-state index is 13.0. The van der Waals surface area contributed by atoms with Crippen LogP contribution in [0.2, 0.25) is 0 Å². The molecule has 0 amide bonds. The summed E-state index contributed by atoms with van der Waals surface area (Å²) in [7, 11) is 0. The van der Waals surface area contributed by atoms with Gasteiger partial charge in [-0.2, -0.15) is 13.2 Å². The van der Waals surface area contributed by atoms with Crippen molar-refractivity contribution in [3.63, 3.8) is 0 Å². The average molecular weight is 339 g/mol. The van der Waals surface area contributed by atoms with E-state index in [0.717, 1.165) is 24.6 Å². The fraction of sp³-hybridized carbons (Fsp3) is 0.286. The second kappa shape index (κ2) is 6.15. The summed E-state index contributed by atoms with van der Waals surface area (Å²) in [6.07, 6.45) is -2.98. The minimum Gasteiger partial charge on any atom is -0.262 e. The number of aromatic amines is 1. The van der Waals surface area contributed by atoms with Crippen LogP contribution in [-0.4, -0.2) is 25.1 Å². The zero-order valence-electron chi connectivity index (χ0n) is 12.1. The minimum absolute atomic E-state index is 0.185. The molecule has 5 nitrogen and oxygen atoms in total. The highest BCUT2D eigenvalue weighted by Crippen LogP contribution is 2.33. The Kier molecular flexibility index (Phi) is 4.20. The number of aromatic nitrogens is 5. The molecule has 9 heteroatoms. The number of hydrogen-bond donors (Lipinski definition) is 1. The number of halogens is 3. The summed E-state index contributed by atoms with van der Waals surface area (Å²) in [5, 5.41) is 7.84. The standard InChI is InChI=1S/C14H12F3N5S/c1-2-5-10-19-13(22-21-10)23-11-8-6-3-4-7-9(8)18-12(20-11)14(15,16)17/h3-4,6-7H,2,5H2,1H3,(H,19,21,22). The lowest BCUT2D eigenvalue weighted by molar-refractivity contribution is -0.145. The Labute approximate surface area is 133 Å². The van der Waals surface area contributed by atoms with Crippen LogP contribution in [0.1, 0.15) is 25.0 Å². The highest BCUT2D eigenvalue weighted by atomic mass is 32.2. The van der Waals surface area contributed by atoms with Crippen molar-refractivity contribution in [2.24, 2.45) is 0 Å². The molecule has 23 heavy (non-hydrogen) atoms. The number of aryl methyl sites for hydroxylation is 1. The van der Waals surface area contributed by atoms with Crippen LogP contribution in [-0.2, 0) is 12.6 Å². The van der Waals surface area contributed by atoms with E-state index >= 15 is 0 Å². The highest BCUT2D eigenvalue weighted by molar-refractivity contribution is 7.99. The summed E-state index contributed by atoms with van der Waals surface area (Å²) in [6, 6.07) is 6.56. The number of fused-ring (bicyclic) bond motifs is 1. The molecule has 0 aliphatic rings. The molecule has 0 radical (unpaired) electrons. The lowest BCUT2D eigenvalue weighted by Gasteiger charge is -2.09. The number of para-hydroxylation sites is 1. The Morgan fingerprint density at radius 1 is 1.13 bits per heavy atom. The lowest BCUT2D eigenvalue weighted by atomic mass is 10.2. The molecular weight excluding hydrogens is 327 g/mol. The Morgan fingerprint density at radius 3 is 2.65 bits per heavy atom. The largest absolute Gasteiger partial charge is 0.451 e. The van der Waals surface area contributed by atoms with Crippen molar-refractivity contribution in [3.05, 3.63) is 35.9 Å². The van der Waals surface area contributed by atoms with Gasteiger partial charge < -0.3 is 0 Å². The van der Waals surface area contributed by atoms with E-state index in [-0.39, 0.29) is 10.5 Å². The number of rotatable bonds is 4. The van der Waals surface area contributed by atoms with Crippen LogP contribution < -0.4 is 0 Å². The first-order valence-electron chi connectivity index (χ1n) is 6.90. The molecule has 0 aliphatic carbocycles. The number of alkyl halides is 3. The Bertz CT molecular complexity index is 831. The van der Waals surface area contributed by atoms with Crippen molar-refractivity contribution >= 4 is 22.7 Å². The van der Waals surface area contributed by atoms with Gasteiger partial charge in [0.05, 0.1) is 5.52 Å². The molecule has 0 aliphatic heterocycles. The molecule has 3 aromatic rings. The van der Waals surface area contributed by atoms with Gasteiger partial charge in [-0.15, -0.1) is 5.10 Å². The molecule has 2 heterocycles. The first-order chi connectivity index (χ1) is 11.0. The summed E-state index contributed by atoms with van der Waals surface area (Å²) in [5.74, 6) is -0.465. The molecule has 0 bridgehead atoms. The van der Waals surface area contributed by atoms with Crippen LogP contribution in [0.25, 0.3) is 10.9 Å². The van der Waals surface area contributed by atoms with Crippen LogP contribution in [0.5, 0.6) is 0 Å². The smallest absolute Gasteiger partial charge is 0.262 e. The van der Waals surface area contributed by atoms with E-state index in [9.17, 15) is 13.2 Å². The zero-order valence-corrected chi connectivity index (χ0v) is 12.9. The topological polar surface area (TPSA) is 67.3 Å². The molecule has 120 valence electrons. The normalized spacial score (nSPS) is 12.0. The average Bonchev–Trinajstić information content (AvgIpc) is 2.94. The number of H-pyrrole nitrogens is 1. The predicted octanol–water partition coefficient (Wildman–Crippen LogP) is 3.87. The Morgan fingerprint density at radius 2 is 1.91 bits per heavy atom. The molecule has 3 rings (SSSR count). The Hall–Kier alpha value is -2.16. The fourth-order valence-electron chi connectivity index (χ4n) is 2.01.